The van der Waals surface area contributed by atoms with E-state index in [4.69, 9.17) is 9.47 Å². The Bertz CT molecular complexity index is 429. The average molecular weight is 266 g/mol. The number of fused-ring (bicyclic) bond motifs is 3. The van der Waals surface area contributed by atoms with Crippen molar-refractivity contribution in [3.05, 3.63) is 0 Å². The molecule has 0 bridgehead atoms. The summed E-state index contributed by atoms with van der Waals surface area (Å²) < 4.78 is 51.1. The average Bonchev–Trinajstić information content (AvgIpc) is 2.53. The van der Waals surface area contributed by atoms with Crippen LogP contribution in [0.2, 0.25) is 0 Å². The third kappa shape index (κ3) is 1.04. The van der Waals surface area contributed by atoms with Crippen molar-refractivity contribution in [2.24, 2.45) is 5.92 Å². The molecule has 18 heavy (non-hydrogen) atoms. The number of halogens is 3. The maximum Gasteiger partial charge on any atom is 0.303 e. The van der Waals surface area contributed by atoms with Gasteiger partial charge in [-0.2, -0.15) is 0 Å². The molecule has 1 N–H and O–H groups in total. The summed E-state index contributed by atoms with van der Waals surface area (Å²) in [5.74, 6) is -5.47. The summed E-state index contributed by atoms with van der Waals surface area (Å²) in [4.78, 5) is 11.1. The number of carbonyl (C=O) groups is 1. The van der Waals surface area contributed by atoms with Crippen molar-refractivity contribution < 1.29 is 32.5 Å². The molecule has 0 radical (unpaired) electrons. The van der Waals surface area contributed by atoms with Gasteiger partial charge in [-0.15, -0.1) is 0 Å². The van der Waals surface area contributed by atoms with Crippen LogP contribution in [0.3, 0.4) is 0 Å². The van der Waals surface area contributed by atoms with Crippen LogP contribution >= 0.6 is 0 Å². The summed E-state index contributed by atoms with van der Waals surface area (Å²) in [7, 11) is 0. The summed E-state index contributed by atoms with van der Waals surface area (Å²) in [5, 5.41) is 9.95. The lowest BCUT2D eigenvalue weighted by atomic mass is 9.88. The number of rotatable bonds is 1. The van der Waals surface area contributed by atoms with E-state index < -0.39 is 53.8 Å². The van der Waals surface area contributed by atoms with Crippen LogP contribution in [0.1, 0.15) is 20.3 Å². The fraction of sp³-hybridized carbons (Fsp3) is 0.909. The van der Waals surface area contributed by atoms with Crippen molar-refractivity contribution in [1.29, 1.82) is 0 Å². The summed E-state index contributed by atoms with van der Waals surface area (Å²) in [6.45, 7) is 2.45. The van der Waals surface area contributed by atoms with Crippen molar-refractivity contribution in [2.45, 2.75) is 55.8 Å². The molecule has 3 fully saturated rings. The van der Waals surface area contributed by atoms with Gasteiger partial charge in [0.1, 0.15) is 6.10 Å². The van der Waals surface area contributed by atoms with E-state index in [1.165, 1.54) is 6.92 Å². The lowest BCUT2D eigenvalue weighted by Gasteiger charge is -2.33. The van der Waals surface area contributed by atoms with E-state index in [1.54, 1.807) is 0 Å². The molecule has 1 saturated heterocycles. The molecule has 0 unspecified atom stereocenters. The van der Waals surface area contributed by atoms with E-state index in [-0.39, 0.29) is 0 Å². The smallest absolute Gasteiger partial charge is 0.303 e. The normalized spacial score (nSPS) is 55.9. The third-order valence-electron chi connectivity index (χ3n) is 4.35. The minimum atomic E-state index is -3.30. The van der Waals surface area contributed by atoms with Crippen LogP contribution in [0.4, 0.5) is 13.2 Å². The van der Waals surface area contributed by atoms with E-state index in [0.717, 1.165) is 6.92 Å². The van der Waals surface area contributed by atoms with Crippen LogP contribution in [0.15, 0.2) is 0 Å². The minimum absolute atomic E-state index is 0.410. The van der Waals surface area contributed by atoms with Crippen molar-refractivity contribution in [3.63, 3.8) is 0 Å². The lowest BCUT2D eigenvalue weighted by Crippen LogP contribution is -2.53. The van der Waals surface area contributed by atoms with Crippen LogP contribution in [-0.4, -0.2) is 46.6 Å². The highest BCUT2D eigenvalue weighted by molar-refractivity contribution is 5.67. The molecule has 102 valence electrons. The zero-order chi connectivity index (χ0) is 13.5. The number of hydrogen-bond donors (Lipinski definition) is 1. The molecule has 1 aliphatic heterocycles. The number of esters is 1. The van der Waals surface area contributed by atoms with Gasteiger partial charge in [0, 0.05) is 13.3 Å². The largest absolute Gasteiger partial charge is 0.453 e. The maximum atomic E-state index is 14.1. The van der Waals surface area contributed by atoms with E-state index in [9.17, 15) is 23.1 Å². The predicted octanol–water partition coefficient (Wildman–Crippen LogP) is 0.814. The van der Waals surface area contributed by atoms with Gasteiger partial charge in [0.25, 0.3) is 5.92 Å². The van der Waals surface area contributed by atoms with Gasteiger partial charge in [-0.1, -0.05) is 0 Å². The standard InChI is InChI=1S/C11H13F3O4/c1-4-7(12)9(18-5(2)15)3-6-10(16,8(9)17-4)11(6,13)14/h4,6-8,16H,3H2,1-2H3/t4-,6-,7-,8-,9-,10+/m0/s1. The van der Waals surface area contributed by atoms with Gasteiger partial charge in [0.15, 0.2) is 17.4 Å². The Labute approximate surface area is 101 Å². The van der Waals surface area contributed by atoms with Crippen molar-refractivity contribution in [3.8, 4) is 0 Å². The first-order valence-electron chi connectivity index (χ1n) is 5.77. The first kappa shape index (κ1) is 12.2. The van der Waals surface area contributed by atoms with Gasteiger partial charge < -0.3 is 14.6 Å². The molecule has 7 heteroatoms. The monoisotopic (exact) mass is 266 g/mol. The summed E-state index contributed by atoms with van der Waals surface area (Å²) >= 11 is 0. The van der Waals surface area contributed by atoms with Crippen LogP contribution in [-0.2, 0) is 14.3 Å². The van der Waals surface area contributed by atoms with Crippen molar-refractivity contribution >= 4 is 5.97 Å². The molecular weight excluding hydrogens is 253 g/mol. The molecule has 0 aromatic carbocycles. The molecule has 3 rings (SSSR count). The molecule has 0 aromatic rings. The zero-order valence-electron chi connectivity index (χ0n) is 9.82. The van der Waals surface area contributed by atoms with Gasteiger partial charge in [-0.3, -0.25) is 4.79 Å². The quantitative estimate of drug-likeness (QED) is 0.714. The molecule has 1 heterocycles. The molecule has 2 saturated carbocycles. The van der Waals surface area contributed by atoms with Gasteiger partial charge in [0.05, 0.1) is 12.0 Å². The second-order valence-electron chi connectivity index (χ2n) is 5.38. The molecule has 0 amide bonds. The Hall–Kier alpha value is -0.820. The number of alkyl halides is 3. The number of ether oxygens (including phenoxy) is 2. The predicted molar refractivity (Wildman–Crippen MR) is 51.7 cm³/mol. The Morgan fingerprint density at radius 3 is 2.67 bits per heavy atom. The minimum Gasteiger partial charge on any atom is -0.453 e. The summed E-state index contributed by atoms with van der Waals surface area (Å²) in [6.07, 6.45) is -4.61. The van der Waals surface area contributed by atoms with Crippen LogP contribution in [0.5, 0.6) is 0 Å². The third-order valence-corrected chi connectivity index (χ3v) is 4.35. The van der Waals surface area contributed by atoms with Crippen LogP contribution in [0, 0.1) is 5.92 Å². The van der Waals surface area contributed by atoms with E-state index >= 15 is 0 Å². The molecule has 2 aliphatic carbocycles. The van der Waals surface area contributed by atoms with Gasteiger partial charge in [-0.05, 0) is 6.92 Å². The Morgan fingerprint density at radius 1 is 1.50 bits per heavy atom. The van der Waals surface area contributed by atoms with Crippen LogP contribution in [0.25, 0.3) is 0 Å². The Balaban J connectivity index is 2.00. The fourth-order valence-electron chi connectivity index (χ4n) is 3.50. The summed E-state index contributed by atoms with van der Waals surface area (Å²) in [6, 6.07) is 0. The highest BCUT2D eigenvalue weighted by Gasteiger charge is 2.94. The Morgan fingerprint density at radius 2 is 2.11 bits per heavy atom. The zero-order valence-corrected chi connectivity index (χ0v) is 9.82. The van der Waals surface area contributed by atoms with Gasteiger partial charge in [0.2, 0.25) is 0 Å². The molecule has 0 spiro atoms. The SMILES string of the molecule is CC(=O)O[C@]12C[C@@H]3C(F)(F)[C@]3(O)[C@H]1O[C@@H](C)[C@@H]2F. The van der Waals surface area contributed by atoms with Crippen LogP contribution < -0.4 is 0 Å². The van der Waals surface area contributed by atoms with Crippen molar-refractivity contribution in [2.75, 3.05) is 0 Å². The molecule has 4 nitrogen and oxygen atoms in total. The maximum absolute atomic E-state index is 14.1. The molecule has 3 aliphatic rings. The molecular formula is C11H13F3O4. The van der Waals surface area contributed by atoms with Gasteiger partial charge >= 0.3 is 5.97 Å². The van der Waals surface area contributed by atoms with E-state index in [2.05, 4.69) is 0 Å². The number of hydrogen-bond acceptors (Lipinski definition) is 4. The highest BCUT2D eigenvalue weighted by Crippen LogP contribution is 2.73. The topological polar surface area (TPSA) is 55.8 Å². The number of carbonyl (C=O) groups excluding carboxylic acids is 1. The highest BCUT2D eigenvalue weighted by atomic mass is 19.3. The summed E-state index contributed by atoms with van der Waals surface area (Å²) in [5.41, 5.74) is -4.18. The second kappa shape index (κ2) is 3.01. The van der Waals surface area contributed by atoms with E-state index in [1.807, 2.05) is 0 Å². The molecule has 6 atom stereocenters. The number of aliphatic hydroxyl groups is 1. The lowest BCUT2D eigenvalue weighted by molar-refractivity contribution is -0.184. The first-order chi connectivity index (χ1) is 8.18. The van der Waals surface area contributed by atoms with Crippen molar-refractivity contribution in [1.82, 2.24) is 0 Å². The first-order valence-corrected chi connectivity index (χ1v) is 5.77. The van der Waals surface area contributed by atoms with E-state index in [0.29, 0.717) is 0 Å². The second-order valence-corrected chi connectivity index (χ2v) is 5.38. The van der Waals surface area contributed by atoms with Gasteiger partial charge in [-0.25, -0.2) is 13.2 Å². The molecule has 0 aromatic heterocycles. The Kier molecular flexibility index (Phi) is 2.05. The fourth-order valence-corrected chi connectivity index (χ4v) is 3.50.